The van der Waals surface area contributed by atoms with E-state index in [2.05, 4.69) is 6.92 Å². The van der Waals surface area contributed by atoms with Crippen molar-refractivity contribution < 1.29 is 20.1 Å². The van der Waals surface area contributed by atoms with Crippen LogP contribution in [0.15, 0.2) is 12.1 Å². The maximum Gasteiger partial charge on any atom is 0.309 e. The third-order valence-corrected chi connectivity index (χ3v) is 6.54. The minimum Gasteiger partial charge on any atom is -0.504 e. The monoisotopic (exact) mass is 360 g/mol. The summed E-state index contributed by atoms with van der Waals surface area (Å²) in [4.78, 5) is 11.2. The number of carboxylic acid groups (broad SMARTS) is 1. The van der Waals surface area contributed by atoms with Gasteiger partial charge < -0.3 is 15.3 Å². The van der Waals surface area contributed by atoms with Crippen molar-refractivity contribution in [3.8, 4) is 11.5 Å². The summed E-state index contributed by atoms with van der Waals surface area (Å²) in [6.45, 7) is 2.36. The lowest BCUT2D eigenvalue weighted by atomic mass is 9.93. The molecule has 144 valence electrons. The molecule has 26 heavy (non-hydrogen) atoms. The molecule has 2 fully saturated rings. The molecule has 4 heteroatoms. The highest BCUT2D eigenvalue weighted by atomic mass is 16.4. The summed E-state index contributed by atoms with van der Waals surface area (Å²) in [6, 6.07) is 3.40. The number of phenolic OH excluding ortho intramolecular Hbond substituents is 2. The van der Waals surface area contributed by atoms with Gasteiger partial charge in [-0.15, -0.1) is 0 Å². The number of carboxylic acids is 1. The zero-order valence-corrected chi connectivity index (χ0v) is 15.9. The number of rotatable bonds is 11. The Morgan fingerprint density at radius 1 is 0.885 bits per heavy atom. The molecular formula is C22H32O4. The van der Waals surface area contributed by atoms with Crippen molar-refractivity contribution in [2.24, 2.45) is 10.8 Å². The standard InChI is InChI=1S/C22H32O4/c1-21(10-11-21)8-4-2-6-16-14-18(23)19(24)15-17(16)7-3-5-9-22(12-13-22)20(25)26/h14-15,23-24H,2-13H2,1H3,(H,25,26). The third kappa shape index (κ3) is 4.72. The van der Waals surface area contributed by atoms with Crippen LogP contribution in [0.5, 0.6) is 11.5 Å². The van der Waals surface area contributed by atoms with E-state index in [-0.39, 0.29) is 11.5 Å². The molecule has 0 saturated heterocycles. The zero-order valence-electron chi connectivity index (χ0n) is 15.9. The number of aliphatic carboxylic acids is 1. The van der Waals surface area contributed by atoms with Gasteiger partial charge in [-0.25, -0.2) is 0 Å². The smallest absolute Gasteiger partial charge is 0.309 e. The molecule has 0 spiro atoms. The molecule has 0 aromatic heterocycles. The van der Waals surface area contributed by atoms with Gasteiger partial charge in [-0.05, 0) is 92.9 Å². The number of unbranched alkanes of at least 4 members (excludes halogenated alkanes) is 2. The van der Waals surface area contributed by atoms with Gasteiger partial charge in [-0.3, -0.25) is 4.79 Å². The number of aryl methyl sites for hydroxylation is 2. The van der Waals surface area contributed by atoms with Crippen LogP contribution in [-0.4, -0.2) is 21.3 Å². The molecule has 0 aliphatic heterocycles. The predicted molar refractivity (Wildman–Crippen MR) is 102 cm³/mol. The topological polar surface area (TPSA) is 77.8 Å². The van der Waals surface area contributed by atoms with E-state index in [0.29, 0.717) is 5.41 Å². The Bertz CT molecular complexity index is 656. The van der Waals surface area contributed by atoms with E-state index in [4.69, 9.17) is 0 Å². The number of aromatic hydroxyl groups is 2. The van der Waals surface area contributed by atoms with Gasteiger partial charge in [0.1, 0.15) is 0 Å². The van der Waals surface area contributed by atoms with Gasteiger partial charge in [0.25, 0.3) is 0 Å². The third-order valence-electron chi connectivity index (χ3n) is 6.54. The second-order valence-corrected chi connectivity index (χ2v) is 8.92. The predicted octanol–water partition coefficient (Wildman–Crippen LogP) is 5.19. The van der Waals surface area contributed by atoms with E-state index < -0.39 is 11.4 Å². The van der Waals surface area contributed by atoms with Crippen molar-refractivity contribution in [2.75, 3.05) is 0 Å². The molecule has 0 atom stereocenters. The van der Waals surface area contributed by atoms with Crippen molar-refractivity contribution in [3.05, 3.63) is 23.3 Å². The van der Waals surface area contributed by atoms with Gasteiger partial charge in [0.05, 0.1) is 5.41 Å². The zero-order chi connectivity index (χ0) is 18.8. The maximum atomic E-state index is 11.2. The second-order valence-electron chi connectivity index (χ2n) is 8.92. The molecule has 0 radical (unpaired) electrons. The molecule has 0 bridgehead atoms. The Kier molecular flexibility index (Phi) is 5.50. The first-order valence-corrected chi connectivity index (χ1v) is 10.1. The van der Waals surface area contributed by atoms with Gasteiger partial charge in [0.2, 0.25) is 0 Å². The number of carbonyl (C=O) groups is 1. The Labute approximate surface area is 156 Å². The Morgan fingerprint density at radius 2 is 1.38 bits per heavy atom. The second kappa shape index (κ2) is 7.50. The van der Waals surface area contributed by atoms with Gasteiger partial charge in [-0.1, -0.05) is 19.8 Å². The fraction of sp³-hybridized carbons (Fsp3) is 0.682. The molecule has 1 aromatic carbocycles. The van der Waals surface area contributed by atoms with Crippen LogP contribution in [0.2, 0.25) is 0 Å². The fourth-order valence-corrected chi connectivity index (χ4v) is 3.96. The summed E-state index contributed by atoms with van der Waals surface area (Å²) in [5.74, 6) is -0.746. The van der Waals surface area contributed by atoms with Crippen molar-refractivity contribution in [3.63, 3.8) is 0 Å². The van der Waals surface area contributed by atoms with Crippen LogP contribution < -0.4 is 0 Å². The number of phenols is 2. The molecule has 3 N–H and O–H groups in total. The van der Waals surface area contributed by atoms with Crippen molar-refractivity contribution in [1.29, 1.82) is 0 Å². The van der Waals surface area contributed by atoms with Crippen LogP contribution >= 0.6 is 0 Å². The normalized spacial score (nSPS) is 19.3. The Hall–Kier alpha value is -1.71. The van der Waals surface area contributed by atoms with Crippen LogP contribution in [0.25, 0.3) is 0 Å². The molecular weight excluding hydrogens is 328 g/mol. The van der Waals surface area contributed by atoms with Crippen molar-refractivity contribution in [2.45, 2.75) is 84.0 Å². The van der Waals surface area contributed by atoms with Crippen molar-refractivity contribution >= 4 is 5.97 Å². The van der Waals surface area contributed by atoms with Gasteiger partial charge >= 0.3 is 5.97 Å². The lowest BCUT2D eigenvalue weighted by molar-refractivity contribution is -0.143. The highest BCUT2D eigenvalue weighted by Gasteiger charge is 2.49. The van der Waals surface area contributed by atoms with E-state index in [1.54, 1.807) is 12.1 Å². The molecule has 4 nitrogen and oxygen atoms in total. The molecule has 1 aromatic rings. The maximum absolute atomic E-state index is 11.2. The Morgan fingerprint density at radius 3 is 1.81 bits per heavy atom. The SMILES string of the molecule is CC1(CCCCc2cc(O)c(O)cc2CCCCC2(C(=O)O)CC2)CC1. The van der Waals surface area contributed by atoms with Gasteiger partial charge in [0, 0.05) is 0 Å². The van der Waals surface area contributed by atoms with Crippen LogP contribution in [0.1, 0.15) is 82.3 Å². The molecule has 0 unspecified atom stereocenters. The summed E-state index contributed by atoms with van der Waals surface area (Å²) >= 11 is 0. The minimum atomic E-state index is -0.648. The molecule has 2 aliphatic carbocycles. The highest BCUT2D eigenvalue weighted by Crippen LogP contribution is 2.50. The lowest BCUT2D eigenvalue weighted by Gasteiger charge is -2.14. The minimum absolute atomic E-state index is 0.0410. The molecule has 2 saturated carbocycles. The van der Waals surface area contributed by atoms with E-state index >= 15 is 0 Å². The van der Waals surface area contributed by atoms with Crippen LogP contribution in [0.3, 0.4) is 0 Å². The molecule has 0 heterocycles. The van der Waals surface area contributed by atoms with Crippen LogP contribution in [0.4, 0.5) is 0 Å². The quantitative estimate of drug-likeness (QED) is 0.375. The van der Waals surface area contributed by atoms with E-state index in [0.717, 1.165) is 62.5 Å². The first-order valence-electron chi connectivity index (χ1n) is 10.1. The van der Waals surface area contributed by atoms with E-state index in [1.807, 2.05) is 0 Å². The molecule has 2 aliphatic rings. The van der Waals surface area contributed by atoms with E-state index in [1.165, 1.54) is 25.7 Å². The van der Waals surface area contributed by atoms with Crippen LogP contribution in [0, 0.1) is 10.8 Å². The lowest BCUT2D eigenvalue weighted by Crippen LogP contribution is -2.14. The molecule has 0 amide bonds. The first kappa shape index (κ1) is 19.1. The summed E-state index contributed by atoms with van der Waals surface area (Å²) in [7, 11) is 0. The van der Waals surface area contributed by atoms with Crippen LogP contribution in [-0.2, 0) is 17.6 Å². The summed E-state index contributed by atoms with van der Waals surface area (Å²) in [5.41, 5.74) is 2.36. The molecule has 3 rings (SSSR count). The van der Waals surface area contributed by atoms with E-state index in [9.17, 15) is 20.1 Å². The number of hydrogen-bond donors (Lipinski definition) is 3. The average molecular weight is 360 g/mol. The summed E-state index contributed by atoms with van der Waals surface area (Å²) < 4.78 is 0. The van der Waals surface area contributed by atoms with Crippen molar-refractivity contribution in [1.82, 2.24) is 0 Å². The number of hydrogen-bond acceptors (Lipinski definition) is 3. The van der Waals surface area contributed by atoms with Gasteiger partial charge in [0.15, 0.2) is 11.5 Å². The Balaban J connectivity index is 1.49. The summed E-state index contributed by atoms with van der Waals surface area (Å²) in [5, 5.41) is 29.0. The van der Waals surface area contributed by atoms with Gasteiger partial charge in [-0.2, -0.15) is 0 Å². The fourth-order valence-electron chi connectivity index (χ4n) is 3.96. The highest BCUT2D eigenvalue weighted by molar-refractivity contribution is 5.77. The largest absolute Gasteiger partial charge is 0.504 e. The summed E-state index contributed by atoms with van der Waals surface area (Å²) in [6.07, 6.45) is 12.3. The average Bonchev–Trinajstić information content (AvgIpc) is 3.50. The first-order chi connectivity index (χ1) is 12.3. The number of benzene rings is 1.